The molecule has 1 heterocycles. The van der Waals surface area contributed by atoms with Gasteiger partial charge < -0.3 is 21.1 Å². The van der Waals surface area contributed by atoms with Gasteiger partial charge in [-0.2, -0.15) is 0 Å². The summed E-state index contributed by atoms with van der Waals surface area (Å²) < 4.78 is 0. The van der Waals surface area contributed by atoms with Crippen LogP contribution in [0.2, 0.25) is 0 Å². The van der Waals surface area contributed by atoms with Crippen molar-refractivity contribution in [2.24, 2.45) is 4.99 Å². The number of aromatic hydroxyl groups is 1. The van der Waals surface area contributed by atoms with Crippen molar-refractivity contribution in [1.29, 1.82) is 0 Å². The molecule has 7 heteroatoms. The summed E-state index contributed by atoms with van der Waals surface area (Å²) in [6.07, 6.45) is 4.67. The van der Waals surface area contributed by atoms with Crippen LogP contribution in [0.15, 0.2) is 29.3 Å². The molecule has 1 fully saturated rings. The van der Waals surface area contributed by atoms with E-state index in [1.165, 1.54) is 25.3 Å². The third-order valence-electron chi connectivity index (χ3n) is 5.22. The summed E-state index contributed by atoms with van der Waals surface area (Å²) in [6, 6.07) is 6.37. The lowest BCUT2D eigenvalue weighted by Crippen LogP contribution is -2.49. The van der Waals surface area contributed by atoms with Crippen LogP contribution >= 0.6 is 0 Å². The van der Waals surface area contributed by atoms with Gasteiger partial charge in [-0.15, -0.1) is 0 Å². The van der Waals surface area contributed by atoms with Crippen LogP contribution in [-0.2, 0) is 0 Å². The first-order valence-electron chi connectivity index (χ1n) is 10.8. The van der Waals surface area contributed by atoms with Crippen LogP contribution in [0.5, 0.6) is 5.75 Å². The molecule has 0 saturated carbocycles. The van der Waals surface area contributed by atoms with Crippen LogP contribution in [0.1, 0.15) is 56.8 Å². The first kappa shape index (κ1) is 23.0. The lowest BCUT2D eigenvalue weighted by molar-refractivity contribution is 0.0953. The number of hydrogen-bond acceptors (Lipinski definition) is 4. The average molecular weight is 404 g/mol. The first-order valence-corrected chi connectivity index (χ1v) is 10.8. The Morgan fingerprint density at radius 1 is 1.14 bits per heavy atom. The van der Waals surface area contributed by atoms with E-state index in [2.05, 4.69) is 41.6 Å². The predicted molar refractivity (Wildman–Crippen MR) is 119 cm³/mol. The molecule has 0 unspecified atom stereocenters. The minimum atomic E-state index is -0.176. The van der Waals surface area contributed by atoms with Crippen LogP contribution in [0.25, 0.3) is 0 Å². The molecule has 0 aliphatic carbocycles. The molecule has 4 N–H and O–H groups in total. The molecule has 1 amide bonds. The molecule has 0 atom stereocenters. The Morgan fingerprint density at radius 2 is 1.86 bits per heavy atom. The van der Waals surface area contributed by atoms with Gasteiger partial charge in [0.15, 0.2) is 5.96 Å². The van der Waals surface area contributed by atoms with Crippen LogP contribution in [0.4, 0.5) is 0 Å². The van der Waals surface area contributed by atoms with E-state index in [1.54, 1.807) is 18.2 Å². The molecule has 0 bridgehead atoms. The van der Waals surface area contributed by atoms with Crippen molar-refractivity contribution in [3.63, 3.8) is 0 Å². The molecule has 7 nitrogen and oxygen atoms in total. The normalized spacial score (nSPS) is 15.8. The number of carbonyl (C=O) groups excluding carboxylic acids is 1. The number of amides is 1. The SMILES string of the molecule is CCNC(=NCC(C)(C)N1CCCCC1)NCCCNC(=O)c1cccc(O)c1. The summed E-state index contributed by atoms with van der Waals surface area (Å²) in [5.74, 6) is 0.736. The molecule has 0 radical (unpaired) electrons. The Hall–Kier alpha value is -2.28. The summed E-state index contributed by atoms with van der Waals surface area (Å²) >= 11 is 0. The maximum atomic E-state index is 12.1. The second-order valence-electron chi connectivity index (χ2n) is 8.14. The number of nitrogens with one attached hydrogen (secondary N) is 3. The number of likely N-dealkylation sites (tertiary alicyclic amines) is 1. The number of phenolic OH excluding ortho intramolecular Hbond substituents is 1. The van der Waals surface area contributed by atoms with Crippen LogP contribution in [0.3, 0.4) is 0 Å². The lowest BCUT2D eigenvalue weighted by atomic mass is 9.99. The molecule has 162 valence electrons. The van der Waals surface area contributed by atoms with Gasteiger partial charge in [0.1, 0.15) is 5.75 Å². The van der Waals surface area contributed by atoms with Gasteiger partial charge in [0.05, 0.1) is 6.54 Å². The number of piperidine rings is 1. The third kappa shape index (κ3) is 7.93. The fraction of sp³-hybridized carbons (Fsp3) is 0.636. The average Bonchev–Trinajstić information content (AvgIpc) is 2.72. The number of benzene rings is 1. The number of carbonyl (C=O) groups is 1. The van der Waals surface area contributed by atoms with E-state index in [0.29, 0.717) is 12.1 Å². The van der Waals surface area contributed by atoms with Gasteiger partial charge in [0, 0.05) is 30.7 Å². The summed E-state index contributed by atoms with van der Waals surface area (Å²) in [5.41, 5.74) is 0.519. The van der Waals surface area contributed by atoms with E-state index in [-0.39, 0.29) is 17.2 Å². The number of phenols is 1. The number of hydrogen-bond donors (Lipinski definition) is 4. The summed E-state index contributed by atoms with van der Waals surface area (Å²) in [4.78, 5) is 19.4. The highest BCUT2D eigenvalue weighted by molar-refractivity contribution is 5.94. The van der Waals surface area contributed by atoms with E-state index < -0.39 is 0 Å². The molecular formula is C22H37N5O2. The molecule has 1 aliphatic heterocycles. The van der Waals surface area contributed by atoms with Crippen molar-refractivity contribution in [2.75, 3.05) is 39.3 Å². The molecule has 1 aliphatic rings. The Kier molecular flexibility index (Phi) is 9.25. The fourth-order valence-corrected chi connectivity index (χ4v) is 3.46. The maximum absolute atomic E-state index is 12.1. The molecular weight excluding hydrogens is 366 g/mol. The molecule has 0 spiro atoms. The maximum Gasteiger partial charge on any atom is 0.251 e. The van der Waals surface area contributed by atoms with Crippen molar-refractivity contribution in [3.8, 4) is 5.75 Å². The van der Waals surface area contributed by atoms with E-state index in [1.807, 2.05) is 0 Å². The zero-order chi connectivity index (χ0) is 21.1. The van der Waals surface area contributed by atoms with Gasteiger partial charge >= 0.3 is 0 Å². The smallest absolute Gasteiger partial charge is 0.251 e. The second kappa shape index (κ2) is 11.7. The number of guanidine groups is 1. The van der Waals surface area contributed by atoms with Crippen molar-refractivity contribution in [2.45, 2.75) is 52.0 Å². The van der Waals surface area contributed by atoms with E-state index in [9.17, 15) is 9.90 Å². The van der Waals surface area contributed by atoms with Gasteiger partial charge in [0.25, 0.3) is 5.91 Å². The monoisotopic (exact) mass is 403 g/mol. The number of aliphatic imine (C=N–C) groups is 1. The van der Waals surface area contributed by atoms with Crippen molar-refractivity contribution < 1.29 is 9.90 Å². The molecule has 1 aromatic rings. The Labute approximate surface area is 175 Å². The highest BCUT2D eigenvalue weighted by Crippen LogP contribution is 2.20. The van der Waals surface area contributed by atoms with Gasteiger partial charge in [0.2, 0.25) is 0 Å². The van der Waals surface area contributed by atoms with Crippen molar-refractivity contribution >= 4 is 11.9 Å². The van der Waals surface area contributed by atoms with Gasteiger partial charge in [-0.05, 0) is 71.3 Å². The molecule has 29 heavy (non-hydrogen) atoms. The molecule has 1 aromatic carbocycles. The van der Waals surface area contributed by atoms with E-state index >= 15 is 0 Å². The fourth-order valence-electron chi connectivity index (χ4n) is 3.46. The van der Waals surface area contributed by atoms with Crippen LogP contribution in [-0.4, -0.2) is 66.7 Å². The topological polar surface area (TPSA) is 89.0 Å². The highest BCUT2D eigenvalue weighted by atomic mass is 16.3. The number of rotatable bonds is 9. The largest absolute Gasteiger partial charge is 0.508 e. The Balaban J connectivity index is 1.74. The van der Waals surface area contributed by atoms with E-state index in [4.69, 9.17) is 4.99 Å². The molecule has 2 rings (SSSR count). The molecule has 1 saturated heterocycles. The summed E-state index contributed by atoms with van der Waals surface area (Å²) in [7, 11) is 0. The lowest BCUT2D eigenvalue weighted by Gasteiger charge is -2.40. The highest BCUT2D eigenvalue weighted by Gasteiger charge is 2.27. The zero-order valence-corrected chi connectivity index (χ0v) is 18.1. The zero-order valence-electron chi connectivity index (χ0n) is 18.1. The Bertz CT molecular complexity index is 669. The minimum Gasteiger partial charge on any atom is -0.508 e. The van der Waals surface area contributed by atoms with Gasteiger partial charge in [-0.1, -0.05) is 12.5 Å². The molecule has 0 aromatic heterocycles. The summed E-state index contributed by atoms with van der Waals surface area (Å²) in [5, 5.41) is 19.0. The minimum absolute atomic E-state index is 0.0536. The van der Waals surface area contributed by atoms with Crippen molar-refractivity contribution in [1.82, 2.24) is 20.9 Å². The quantitative estimate of drug-likeness (QED) is 0.289. The van der Waals surface area contributed by atoms with Crippen LogP contribution < -0.4 is 16.0 Å². The van der Waals surface area contributed by atoms with Crippen LogP contribution in [0, 0.1) is 0 Å². The Morgan fingerprint density at radius 3 is 2.55 bits per heavy atom. The van der Waals surface area contributed by atoms with Crippen molar-refractivity contribution in [3.05, 3.63) is 29.8 Å². The predicted octanol–water partition coefficient (Wildman–Crippen LogP) is 2.33. The van der Waals surface area contributed by atoms with E-state index in [0.717, 1.165) is 45.1 Å². The standard InChI is InChI=1S/C22H37N5O2/c1-4-23-21(26-17-22(2,3)27-14-6-5-7-15-27)25-13-9-12-24-20(29)18-10-8-11-19(28)16-18/h8,10-11,16,28H,4-7,9,12-15,17H2,1-3H3,(H,24,29)(H2,23,25,26). The van der Waals surface area contributed by atoms with Gasteiger partial charge in [-0.25, -0.2) is 0 Å². The number of nitrogens with zero attached hydrogens (tertiary/aromatic N) is 2. The van der Waals surface area contributed by atoms with Gasteiger partial charge in [-0.3, -0.25) is 14.7 Å². The first-order chi connectivity index (χ1) is 13.9. The summed E-state index contributed by atoms with van der Waals surface area (Å²) in [6.45, 7) is 11.7. The third-order valence-corrected chi connectivity index (χ3v) is 5.22. The second-order valence-corrected chi connectivity index (χ2v) is 8.14.